The molecule has 186 valence electrons. The number of anilines is 1. The summed E-state index contributed by atoms with van der Waals surface area (Å²) in [4.78, 5) is 37.3. The van der Waals surface area contributed by atoms with E-state index < -0.39 is 5.82 Å². The van der Waals surface area contributed by atoms with E-state index in [1.807, 2.05) is 18.2 Å². The van der Waals surface area contributed by atoms with Crippen LogP contribution in [0.15, 0.2) is 61.4 Å². The summed E-state index contributed by atoms with van der Waals surface area (Å²) in [5, 5.41) is 10.3. The first-order valence-electron chi connectivity index (χ1n) is 12.2. The molecule has 1 amide bonds. The van der Waals surface area contributed by atoms with Crippen molar-refractivity contribution in [1.29, 1.82) is 0 Å². The van der Waals surface area contributed by atoms with E-state index in [1.165, 1.54) is 12.4 Å². The van der Waals surface area contributed by atoms with Crippen molar-refractivity contribution in [3.63, 3.8) is 0 Å². The van der Waals surface area contributed by atoms with E-state index in [-0.39, 0.29) is 22.9 Å². The predicted octanol–water partition coefficient (Wildman–Crippen LogP) is 4.90. The highest BCUT2D eigenvalue weighted by Crippen LogP contribution is 2.34. The van der Waals surface area contributed by atoms with E-state index in [4.69, 9.17) is 0 Å². The minimum absolute atomic E-state index is 0.0234. The SMILES string of the molecule is O=C(Nc1cncc(-c2ncc3[nH]nc(-c4nc5nccc(-c6cccnc6)c5[nH]4)c3c2F)c1)C1CCC1. The Hall–Kier alpha value is -5.06. The van der Waals surface area contributed by atoms with Crippen LogP contribution in [0.1, 0.15) is 19.3 Å². The smallest absolute Gasteiger partial charge is 0.227 e. The average Bonchev–Trinajstić information content (AvgIpc) is 3.53. The van der Waals surface area contributed by atoms with Crippen molar-refractivity contribution in [3.8, 4) is 33.9 Å². The minimum Gasteiger partial charge on any atom is -0.335 e. The molecule has 0 aromatic carbocycles. The number of aromatic nitrogens is 8. The molecule has 11 heteroatoms. The zero-order valence-corrected chi connectivity index (χ0v) is 19.9. The minimum atomic E-state index is -0.573. The fourth-order valence-corrected chi connectivity index (χ4v) is 4.69. The summed E-state index contributed by atoms with van der Waals surface area (Å²) in [7, 11) is 0. The van der Waals surface area contributed by atoms with Crippen molar-refractivity contribution in [3.05, 3.63) is 67.3 Å². The number of nitrogens with one attached hydrogen (secondary N) is 3. The number of aromatic amines is 2. The van der Waals surface area contributed by atoms with Crippen molar-refractivity contribution < 1.29 is 9.18 Å². The highest BCUT2D eigenvalue weighted by molar-refractivity contribution is 5.97. The summed E-state index contributed by atoms with van der Waals surface area (Å²) in [5.41, 5.74) is 4.70. The third kappa shape index (κ3) is 3.67. The van der Waals surface area contributed by atoms with E-state index in [2.05, 4.69) is 45.4 Å². The van der Waals surface area contributed by atoms with Crippen LogP contribution in [-0.4, -0.2) is 46.0 Å². The standard InChI is InChI=1S/C27H20FN9O/c28-21-20-19(13-32-22(21)16-9-17(12-30-11-16)33-27(38)14-3-1-4-14)36-37-24(20)26-34-23-18(6-8-31-25(23)35-26)15-5-2-7-29-10-15/h2,5-14H,1,3-4H2,(H,33,38)(H,36,37)(H,31,34,35). The van der Waals surface area contributed by atoms with E-state index in [1.54, 1.807) is 30.9 Å². The van der Waals surface area contributed by atoms with Crippen LogP contribution >= 0.6 is 0 Å². The largest absolute Gasteiger partial charge is 0.335 e. The van der Waals surface area contributed by atoms with Crippen LogP contribution in [0.4, 0.5) is 10.1 Å². The molecule has 1 aliphatic carbocycles. The highest BCUT2D eigenvalue weighted by atomic mass is 19.1. The Morgan fingerprint density at radius 1 is 1.00 bits per heavy atom. The van der Waals surface area contributed by atoms with Crippen LogP contribution in [0.3, 0.4) is 0 Å². The normalized spacial score (nSPS) is 13.6. The number of halogens is 1. The Kier molecular flexibility index (Phi) is 5.13. The lowest BCUT2D eigenvalue weighted by atomic mass is 9.85. The van der Waals surface area contributed by atoms with Crippen LogP contribution in [0.25, 0.3) is 56.0 Å². The number of amides is 1. The Bertz CT molecular complexity index is 1830. The first-order valence-corrected chi connectivity index (χ1v) is 12.2. The van der Waals surface area contributed by atoms with E-state index in [0.29, 0.717) is 39.4 Å². The number of hydrogen-bond acceptors (Lipinski definition) is 7. The summed E-state index contributed by atoms with van der Waals surface area (Å²) in [6.45, 7) is 0. The topological polar surface area (TPSA) is 138 Å². The quantitative estimate of drug-likeness (QED) is 0.303. The zero-order chi connectivity index (χ0) is 25.6. The number of nitrogens with zero attached hydrogens (tertiary/aromatic N) is 6. The van der Waals surface area contributed by atoms with Crippen molar-refractivity contribution in [2.24, 2.45) is 5.92 Å². The summed E-state index contributed by atoms with van der Waals surface area (Å²) in [6.07, 6.45) is 12.5. The molecule has 6 heterocycles. The van der Waals surface area contributed by atoms with Crippen molar-refractivity contribution >= 4 is 33.7 Å². The Morgan fingerprint density at radius 2 is 1.89 bits per heavy atom. The third-order valence-electron chi connectivity index (χ3n) is 6.89. The van der Waals surface area contributed by atoms with Gasteiger partial charge in [0, 0.05) is 47.4 Å². The molecule has 1 fully saturated rings. The lowest BCUT2D eigenvalue weighted by Crippen LogP contribution is -2.28. The van der Waals surface area contributed by atoms with Gasteiger partial charge in [0.05, 0.1) is 34.5 Å². The Morgan fingerprint density at radius 3 is 2.71 bits per heavy atom. The van der Waals surface area contributed by atoms with Gasteiger partial charge in [-0.2, -0.15) is 5.10 Å². The number of imidazole rings is 1. The summed E-state index contributed by atoms with van der Waals surface area (Å²) < 4.78 is 16.0. The summed E-state index contributed by atoms with van der Waals surface area (Å²) >= 11 is 0. The molecule has 0 saturated heterocycles. The van der Waals surface area contributed by atoms with Crippen LogP contribution in [-0.2, 0) is 4.79 Å². The molecule has 0 atom stereocenters. The number of carbonyl (C=O) groups excluding carboxylic acids is 1. The van der Waals surface area contributed by atoms with Gasteiger partial charge in [-0.05, 0) is 31.0 Å². The molecule has 1 saturated carbocycles. The summed E-state index contributed by atoms with van der Waals surface area (Å²) in [6, 6.07) is 7.34. The maximum absolute atomic E-state index is 16.0. The van der Waals surface area contributed by atoms with Gasteiger partial charge in [-0.3, -0.25) is 24.8 Å². The zero-order valence-electron chi connectivity index (χ0n) is 19.9. The number of fused-ring (bicyclic) bond motifs is 2. The number of rotatable bonds is 5. The van der Waals surface area contributed by atoms with Crippen molar-refractivity contribution in [2.75, 3.05) is 5.32 Å². The molecule has 6 aromatic heterocycles. The molecule has 38 heavy (non-hydrogen) atoms. The second-order valence-electron chi connectivity index (χ2n) is 9.25. The molecule has 6 aromatic rings. The van der Waals surface area contributed by atoms with Gasteiger partial charge in [-0.25, -0.2) is 14.4 Å². The van der Waals surface area contributed by atoms with Gasteiger partial charge < -0.3 is 10.3 Å². The lowest BCUT2D eigenvalue weighted by Gasteiger charge is -2.24. The van der Waals surface area contributed by atoms with Gasteiger partial charge in [0.1, 0.15) is 11.4 Å². The molecule has 1 aliphatic rings. The molecular formula is C27H20FN9O. The maximum atomic E-state index is 16.0. The van der Waals surface area contributed by atoms with Crippen LogP contribution in [0.2, 0.25) is 0 Å². The van der Waals surface area contributed by atoms with Crippen molar-refractivity contribution in [2.45, 2.75) is 19.3 Å². The molecule has 0 bridgehead atoms. The van der Waals surface area contributed by atoms with E-state index in [9.17, 15) is 4.79 Å². The maximum Gasteiger partial charge on any atom is 0.227 e. The van der Waals surface area contributed by atoms with Gasteiger partial charge >= 0.3 is 0 Å². The Balaban J connectivity index is 1.30. The molecule has 0 unspecified atom stereocenters. The van der Waals surface area contributed by atoms with Gasteiger partial charge in [-0.1, -0.05) is 12.5 Å². The fourth-order valence-electron chi connectivity index (χ4n) is 4.69. The highest BCUT2D eigenvalue weighted by Gasteiger charge is 2.26. The average molecular weight is 506 g/mol. The van der Waals surface area contributed by atoms with Crippen LogP contribution < -0.4 is 5.32 Å². The molecule has 0 aliphatic heterocycles. The number of hydrogen-bond donors (Lipinski definition) is 3. The lowest BCUT2D eigenvalue weighted by molar-refractivity contribution is -0.122. The van der Waals surface area contributed by atoms with E-state index >= 15 is 4.39 Å². The van der Waals surface area contributed by atoms with Gasteiger partial charge in [0.15, 0.2) is 17.3 Å². The molecule has 10 nitrogen and oxygen atoms in total. The first-order chi connectivity index (χ1) is 18.7. The van der Waals surface area contributed by atoms with E-state index in [0.717, 1.165) is 30.4 Å². The second kappa shape index (κ2) is 8.80. The number of H-pyrrole nitrogens is 2. The van der Waals surface area contributed by atoms with Crippen LogP contribution in [0, 0.1) is 11.7 Å². The third-order valence-corrected chi connectivity index (χ3v) is 6.89. The Labute approximate surface area is 214 Å². The molecular weight excluding hydrogens is 485 g/mol. The summed E-state index contributed by atoms with van der Waals surface area (Å²) in [5.74, 6) is -0.224. The first kappa shape index (κ1) is 22.2. The molecule has 0 spiro atoms. The second-order valence-corrected chi connectivity index (χ2v) is 9.25. The number of carbonyl (C=O) groups is 1. The molecule has 0 radical (unpaired) electrons. The van der Waals surface area contributed by atoms with Gasteiger partial charge in [0.25, 0.3) is 0 Å². The van der Waals surface area contributed by atoms with Crippen molar-refractivity contribution in [1.82, 2.24) is 40.1 Å². The molecule has 3 N–H and O–H groups in total. The fraction of sp³-hybridized carbons (Fsp3) is 0.148. The van der Waals surface area contributed by atoms with Gasteiger partial charge in [-0.15, -0.1) is 0 Å². The monoisotopic (exact) mass is 505 g/mol. The van der Waals surface area contributed by atoms with Crippen LogP contribution in [0.5, 0.6) is 0 Å². The number of pyridine rings is 4. The molecule has 7 rings (SSSR count). The van der Waals surface area contributed by atoms with Gasteiger partial charge in [0.2, 0.25) is 5.91 Å². The predicted molar refractivity (Wildman–Crippen MR) is 139 cm³/mol.